The molecule has 2 aliphatic rings. The topological polar surface area (TPSA) is 89.9 Å². The van der Waals surface area contributed by atoms with Crippen LogP contribution in [0.2, 0.25) is 0 Å². The molecular formula is C8H12O6S2. The van der Waals surface area contributed by atoms with Crippen molar-refractivity contribution in [2.75, 3.05) is 6.26 Å². The fraction of sp³-hybridized carbons (Fsp3) is 0.750. The minimum absolute atomic E-state index is 0.0483. The van der Waals surface area contributed by atoms with Crippen LogP contribution in [0.4, 0.5) is 0 Å². The molecular weight excluding hydrogens is 256 g/mol. The van der Waals surface area contributed by atoms with Gasteiger partial charge in [0, 0.05) is 11.8 Å². The lowest BCUT2D eigenvalue weighted by Crippen LogP contribution is -2.37. The van der Waals surface area contributed by atoms with E-state index in [0.29, 0.717) is 6.42 Å². The summed E-state index contributed by atoms with van der Waals surface area (Å²) in [7, 11) is -3.59. The van der Waals surface area contributed by atoms with Crippen molar-refractivity contribution in [1.29, 1.82) is 0 Å². The zero-order valence-electron chi connectivity index (χ0n) is 8.48. The Bertz CT molecular complexity index is 428. The van der Waals surface area contributed by atoms with Crippen LogP contribution in [0.1, 0.15) is 6.42 Å². The molecule has 2 bridgehead atoms. The Morgan fingerprint density at radius 1 is 1.31 bits per heavy atom. The van der Waals surface area contributed by atoms with Gasteiger partial charge in [0.25, 0.3) is 10.1 Å². The van der Waals surface area contributed by atoms with Crippen molar-refractivity contribution in [2.24, 2.45) is 11.8 Å². The highest BCUT2D eigenvalue weighted by Gasteiger charge is 2.48. The Morgan fingerprint density at radius 3 is 2.38 bits per heavy atom. The van der Waals surface area contributed by atoms with Crippen LogP contribution in [0.3, 0.4) is 0 Å². The monoisotopic (exact) mass is 268 g/mol. The zero-order valence-corrected chi connectivity index (χ0v) is 10.1. The first-order chi connectivity index (χ1) is 7.37. The van der Waals surface area contributed by atoms with Crippen molar-refractivity contribution < 1.29 is 25.5 Å². The van der Waals surface area contributed by atoms with E-state index in [4.69, 9.17) is 12.9 Å². The standard InChI is InChI=1S/C8H12O6S2/c1-16(11,12)14-8-6-3-2-5(4-6)7(8)13-15(9)10/h2-3,5-8H,4H2,1H3,(H,9,10). The lowest BCUT2D eigenvalue weighted by Gasteiger charge is -2.25. The van der Waals surface area contributed by atoms with Crippen LogP contribution < -0.4 is 0 Å². The molecule has 0 aromatic carbocycles. The van der Waals surface area contributed by atoms with Crippen LogP contribution in [0, 0.1) is 11.8 Å². The molecule has 2 rings (SSSR count). The van der Waals surface area contributed by atoms with Gasteiger partial charge >= 0.3 is 11.4 Å². The largest absolute Gasteiger partial charge is 0.302 e. The van der Waals surface area contributed by atoms with Crippen molar-refractivity contribution in [3.05, 3.63) is 12.2 Å². The van der Waals surface area contributed by atoms with Crippen molar-refractivity contribution >= 4 is 21.5 Å². The van der Waals surface area contributed by atoms with Gasteiger partial charge in [0.05, 0.1) is 6.26 Å². The number of fused-ring (bicyclic) bond motifs is 2. The van der Waals surface area contributed by atoms with Crippen LogP contribution in [0.5, 0.6) is 0 Å². The number of rotatable bonds is 4. The molecule has 1 fully saturated rings. The van der Waals surface area contributed by atoms with Gasteiger partial charge < -0.3 is 0 Å². The molecule has 0 aliphatic heterocycles. The minimum Gasteiger partial charge on any atom is -0.284 e. The lowest BCUT2D eigenvalue weighted by molar-refractivity contribution is 0.0550. The van der Waals surface area contributed by atoms with Gasteiger partial charge in [0.2, 0.25) is 0 Å². The first-order valence-corrected chi connectivity index (χ1v) is 7.56. The summed E-state index contributed by atoms with van der Waals surface area (Å²) in [4.78, 5) is 0. The van der Waals surface area contributed by atoms with Gasteiger partial charge in [0.1, 0.15) is 12.2 Å². The SMILES string of the molecule is CS(=O)(=O)OC1C2C=CC(C2)C1OS(=O)O. The molecule has 1 N–H and O–H groups in total. The molecule has 0 aromatic heterocycles. The Kier molecular flexibility index (Phi) is 3.19. The molecule has 0 aromatic rings. The lowest BCUT2D eigenvalue weighted by atomic mass is 10.0. The first-order valence-electron chi connectivity index (χ1n) is 4.71. The van der Waals surface area contributed by atoms with E-state index in [2.05, 4.69) is 0 Å². The normalized spacial score (nSPS) is 39.1. The fourth-order valence-electron chi connectivity index (χ4n) is 2.28. The average molecular weight is 268 g/mol. The highest BCUT2D eigenvalue weighted by Crippen LogP contribution is 2.43. The second-order valence-electron chi connectivity index (χ2n) is 3.99. The van der Waals surface area contributed by atoms with Gasteiger partial charge in [-0.2, -0.15) is 12.6 Å². The Morgan fingerprint density at radius 2 is 1.88 bits per heavy atom. The predicted molar refractivity (Wildman–Crippen MR) is 56.1 cm³/mol. The van der Waals surface area contributed by atoms with Gasteiger partial charge in [-0.15, -0.1) is 0 Å². The van der Waals surface area contributed by atoms with Crippen LogP contribution in [0.15, 0.2) is 12.2 Å². The van der Waals surface area contributed by atoms with E-state index in [1.54, 1.807) is 0 Å². The van der Waals surface area contributed by atoms with Crippen LogP contribution in [-0.2, 0) is 29.8 Å². The molecule has 0 radical (unpaired) electrons. The maximum atomic E-state index is 11.1. The van der Waals surface area contributed by atoms with Crippen molar-refractivity contribution in [2.45, 2.75) is 18.6 Å². The first kappa shape index (κ1) is 12.2. The third-order valence-corrected chi connectivity index (χ3v) is 3.76. The molecule has 8 heteroatoms. The van der Waals surface area contributed by atoms with Gasteiger partial charge in [0.15, 0.2) is 0 Å². The molecule has 16 heavy (non-hydrogen) atoms. The summed E-state index contributed by atoms with van der Waals surface area (Å²) in [6.07, 6.45) is 4.01. The molecule has 0 saturated heterocycles. The zero-order chi connectivity index (χ0) is 11.9. The summed E-state index contributed by atoms with van der Waals surface area (Å²) < 4.78 is 51.1. The fourth-order valence-corrected chi connectivity index (χ4v) is 3.38. The van der Waals surface area contributed by atoms with E-state index in [9.17, 15) is 12.6 Å². The molecule has 1 saturated carbocycles. The minimum atomic E-state index is -3.59. The quantitative estimate of drug-likeness (QED) is 0.440. The van der Waals surface area contributed by atoms with Gasteiger partial charge in [-0.25, -0.2) is 0 Å². The van der Waals surface area contributed by atoms with Crippen molar-refractivity contribution in [3.8, 4) is 0 Å². The average Bonchev–Trinajstić information content (AvgIpc) is 2.65. The van der Waals surface area contributed by atoms with E-state index in [-0.39, 0.29) is 11.8 Å². The van der Waals surface area contributed by atoms with Crippen molar-refractivity contribution in [1.82, 2.24) is 0 Å². The van der Waals surface area contributed by atoms with E-state index < -0.39 is 33.7 Å². The summed E-state index contributed by atoms with van der Waals surface area (Å²) in [6.45, 7) is 0. The third-order valence-electron chi connectivity index (χ3n) is 2.80. The Hall–Kier alpha value is -0.280. The van der Waals surface area contributed by atoms with Crippen LogP contribution in [0.25, 0.3) is 0 Å². The highest BCUT2D eigenvalue weighted by molar-refractivity contribution is 7.86. The summed E-state index contributed by atoms with van der Waals surface area (Å²) in [6, 6.07) is 0. The third kappa shape index (κ3) is 2.51. The predicted octanol–water partition coefficient (Wildman–Crippen LogP) is 0.0590. The van der Waals surface area contributed by atoms with Crippen molar-refractivity contribution in [3.63, 3.8) is 0 Å². The second kappa shape index (κ2) is 4.19. The molecule has 2 aliphatic carbocycles. The maximum absolute atomic E-state index is 11.1. The Balaban J connectivity index is 2.15. The van der Waals surface area contributed by atoms with Crippen LogP contribution in [-0.4, -0.2) is 35.6 Å². The summed E-state index contributed by atoms with van der Waals surface area (Å²) in [5, 5.41) is 0. The molecule has 5 atom stereocenters. The van der Waals surface area contributed by atoms with E-state index in [0.717, 1.165) is 6.26 Å². The van der Waals surface area contributed by atoms with Crippen LogP contribution >= 0.6 is 0 Å². The number of hydrogen-bond donors (Lipinski definition) is 1. The van der Waals surface area contributed by atoms with E-state index in [1.165, 1.54) is 0 Å². The molecule has 5 unspecified atom stereocenters. The highest BCUT2D eigenvalue weighted by atomic mass is 32.2. The smallest absolute Gasteiger partial charge is 0.284 e. The van der Waals surface area contributed by atoms with E-state index >= 15 is 0 Å². The summed E-state index contributed by atoms with van der Waals surface area (Å²) >= 11 is -2.41. The Labute approximate surface area is 96.2 Å². The molecule has 0 spiro atoms. The molecule has 0 amide bonds. The van der Waals surface area contributed by atoms with Gasteiger partial charge in [-0.05, 0) is 6.42 Å². The van der Waals surface area contributed by atoms with Gasteiger partial charge in [-0.1, -0.05) is 12.2 Å². The second-order valence-corrected chi connectivity index (χ2v) is 6.22. The summed E-state index contributed by atoms with van der Waals surface area (Å²) in [5.41, 5.74) is 0. The molecule has 92 valence electrons. The summed E-state index contributed by atoms with van der Waals surface area (Å²) in [5.74, 6) is -0.110. The number of hydrogen-bond acceptors (Lipinski definition) is 5. The molecule has 6 nitrogen and oxygen atoms in total. The molecule has 0 heterocycles. The van der Waals surface area contributed by atoms with Gasteiger partial charge in [-0.3, -0.25) is 12.9 Å². The van der Waals surface area contributed by atoms with E-state index in [1.807, 2.05) is 12.2 Å². The maximum Gasteiger partial charge on any atom is 0.302 e.